The van der Waals surface area contributed by atoms with Crippen LogP contribution in [0.4, 0.5) is 0 Å². The van der Waals surface area contributed by atoms with Crippen molar-refractivity contribution in [2.75, 3.05) is 0 Å². The molecule has 0 amide bonds. The Bertz CT molecular complexity index is 321. The van der Waals surface area contributed by atoms with Gasteiger partial charge in [0, 0.05) is 6.42 Å². The van der Waals surface area contributed by atoms with Gasteiger partial charge < -0.3 is 10.2 Å². The SMILES string of the molecule is CC/C=C/C/C=C/CC(O)CCCCCCCCCCC(=O)O. The van der Waals surface area contributed by atoms with Crippen LogP contribution < -0.4 is 0 Å². The van der Waals surface area contributed by atoms with Crippen LogP contribution in [0.5, 0.6) is 0 Å². The molecular weight excluding hydrogens is 288 g/mol. The molecule has 0 fully saturated rings. The largest absolute Gasteiger partial charge is 0.481 e. The Balaban J connectivity index is 3.27. The van der Waals surface area contributed by atoms with Crippen LogP contribution in [0, 0.1) is 0 Å². The second-order valence-corrected chi connectivity index (χ2v) is 6.24. The van der Waals surface area contributed by atoms with Crippen molar-refractivity contribution in [1.29, 1.82) is 0 Å². The number of hydrogen-bond acceptors (Lipinski definition) is 2. The van der Waals surface area contributed by atoms with E-state index >= 15 is 0 Å². The Kier molecular flexibility index (Phi) is 16.4. The standard InChI is InChI=1S/C20H36O3/c1-2-3-4-5-10-13-16-19(21)17-14-11-8-6-7-9-12-15-18-20(22)23/h3-4,10,13,19,21H,2,5-9,11-12,14-18H2,1H3,(H,22,23)/b4-3+,13-10+. The minimum absolute atomic E-state index is 0.197. The zero-order valence-electron chi connectivity index (χ0n) is 14.9. The molecule has 134 valence electrons. The van der Waals surface area contributed by atoms with Gasteiger partial charge in [-0.1, -0.05) is 76.2 Å². The van der Waals surface area contributed by atoms with E-state index in [-0.39, 0.29) is 6.10 Å². The van der Waals surface area contributed by atoms with Gasteiger partial charge in [0.15, 0.2) is 0 Å². The van der Waals surface area contributed by atoms with Gasteiger partial charge in [-0.15, -0.1) is 0 Å². The molecule has 1 unspecified atom stereocenters. The molecule has 0 aromatic rings. The van der Waals surface area contributed by atoms with Gasteiger partial charge in [0.2, 0.25) is 0 Å². The summed E-state index contributed by atoms with van der Waals surface area (Å²) in [4.78, 5) is 10.4. The third kappa shape index (κ3) is 18.9. The second kappa shape index (κ2) is 17.3. The third-order valence-corrected chi connectivity index (χ3v) is 3.93. The quantitative estimate of drug-likeness (QED) is 0.285. The van der Waals surface area contributed by atoms with Gasteiger partial charge in [-0.2, -0.15) is 0 Å². The number of carboxylic acids is 1. The number of carboxylic acid groups (broad SMARTS) is 1. The van der Waals surface area contributed by atoms with Gasteiger partial charge in [0.1, 0.15) is 0 Å². The van der Waals surface area contributed by atoms with E-state index in [4.69, 9.17) is 5.11 Å². The first kappa shape index (κ1) is 21.9. The molecule has 0 spiro atoms. The molecule has 3 heteroatoms. The molecule has 0 aromatic carbocycles. The maximum Gasteiger partial charge on any atom is 0.303 e. The van der Waals surface area contributed by atoms with E-state index in [0.717, 1.165) is 51.4 Å². The Morgan fingerprint density at radius 2 is 1.43 bits per heavy atom. The summed E-state index contributed by atoms with van der Waals surface area (Å²) in [6.45, 7) is 2.13. The van der Waals surface area contributed by atoms with E-state index in [2.05, 4.69) is 31.2 Å². The molecule has 0 bridgehead atoms. The smallest absolute Gasteiger partial charge is 0.303 e. The van der Waals surface area contributed by atoms with E-state index in [1.54, 1.807) is 0 Å². The summed E-state index contributed by atoms with van der Waals surface area (Å²) in [7, 11) is 0. The van der Waals surface area contributed by atoms with Gasteiger partial charge in [-0.25, -0.2) is 0 Å². The number of allylic oxidation sites excluding steroid dienone is 3. The molecule has 0 aliphatic heterocycles. The predicted octanol–water partition coefficient (Wildman–Crippen LogP) is 5.64. The van der Waals surface area contributed by atoms with E-state index in [0.29, 0.717) is 6.42 Å². The van der Waals surface area contributed by atoms with Crippen LogP contribution in [-0.2, 0) is 4.79 Å². The Labute approximate surface area is 142 Å². The molecule has 1 atom stereocenters. The highest BCUT2D eigenvalue weighted by Crippen LogP contribution is 2.12. The summed E-state index contributed by atoms with van der Waals surface area (Å²) in [5.74, 6) is -0.684. The Morgan fingerprint density at radius 1 is 0.870 bits per heavy atom. The Morgan fingerprint density at radius 3 is 2.04 bits per heavy atom. The van der Waals surface area contributed by atoms with Crippen LogP contribution in [0.1, 0.15) is 90.4 Å². The molecule has 23 heavy (non-hydrogen) atoms. The summed E-state index contributed by atoms with van der Waals surface area (Å²) in [5.41, 5.74) is 0. The molecular formula is C20H36O3. The van der Waals surface area contributed by atoms with Crippen molar-refractivity contribution in [2.45, 2.75) is 96.5 Å². The summed E-state index contributed by atoms with van der Waals surface area (Å²) in [5, 5.41) is 18.4. The maximum atomic E-state index is 10.4. The Hall–Kier alpha value is -1.09. The van der Waals surface area contributed by atoms with Crippen molar-refractivity contribution < 1.29 is 15.0 Å². The van der Waals surface area contributed by atoms with Gasteiger partial charge in [-0.3, -0.25) is 4.79 Å². The van der Waals surface area contributed by atoms with Gasteiger partial charge in [-0.05, 0) is 32.1 Å². The highest BCUT2D eigenvalue weighted by Gasteiger charge is 2.01. The number of unbranched alkanes of at least 4 members (excludes halogenated alkanes) is 7. The lowest BCUT2D eigenvalue weighted by molar-refractivity contribution is -0.137. The lowest BCUT2D eigenvalue weighted by Gasteiger charge is -2.07. The minimum Gasteiger partial charge on any atom is -0.481 e. The first-order valence-electron chi connectivity index (χ1n) is 9.36. The fourth-order valence-electron chi connectivity index (χ4n) is 2.53. The van der Waals surface area contributed by atoms with E-state index in [1.807, 2.05) is 0 Å². The summed E-state index contributed by atoms with van der Waals surface area (Å²) >= 11 is 0. The van der Waals surface area contributed by atoms with E-state index < -0.39 is 5.97 Å². The van der Waals surface area contributed by atoms with E-state index in [9.17, 15) is 9.90 Å². The number of rotatable bonds is 16. The molecule has 0 radical (unpaired) electrons. The van der Waals surface area contributed by atoms with Crippen LogP contribution >= 0.6 is 0 Å². The number of aliphatic hydroxyl groups is 1. The van der Waals surface area contributed by atoms with Gasteiger partial charge >= 0.3 is 5.97 Å². The van der Waals surface area contributed by atoms with Crippen LogP contribution in [-0.4, -0.2) is 22.3 Å². The van der Waals surface area contributed by atoms with Crippen LogP contribution in [0.3, 0.4) is 0 Å². The summed E-state index contributed by atoms with van der Waals surface area (Å²) in [6.07, 6.45) is 21.3. The van der Waals surface area contributed by atoms with Crippen molar-refractivity contribution in [1.82, 2.24) is 0 Å². The highest BCUT2D eigenvalue weighted by molar-refractivity contribution is 5.66. The van der Waals surface area contributed by atoms with Crippen molar-refractivity contribution in [3.05, 3.63) is 24.3 Å². The number of aliphatic hydroxyl groups excluding tert-OH is 1. The summed E-state index contributed by atoms with van der Waals surface area (Å²) < 4.78 is 0. The van der Waals surface area contributed by atoms with Gasteiger partial charge in [0.05, 0.1) is 6.10 Å². The van der Waals surface area contributed by atoms with Crippen molar-refractivity contribution in [2.24, 2.45) is 0 Å². The molecule has 2 N–H and O–H groups in total. The first-order valence-corrected chi connectivity index (χ1v) is 9.36. The number of hydrogen-bond donors (Lipinski definition) is 2. The second-order valence-electron chi connectivity index (χ2n) is 6.24. The van der Waals surface area contributed by atoms with Crippen molar-refractivity contribution in [3.63, 3.8) is 0 Å². The molecule has 0 aliphatic carbocycles. The average molecular weight is 325 g/mol. The molecule has 3 nitrogen and oxygen atoms in total. The zero-order valence-corrected chi connectivity index (χ0v) is 14.9. The van der Waals surface area contributed by atoms with E-state index in [1.165, 1.54) is 25.7 Å². The van der Waals surface area contributed by atoms with Crippen molar-refractivity contribution >= 4 is 5.97 Å². The molecule has 0 rings (SSSR count). The molecule has 0 saturated carbocycles. The monoisotopic (exact) mass is 324 g/mol. The molecule has 0 heterocycles. The number of aliphatic carboxylic acids is 1. The first-order chi connectivity index (χ1) is 11.2. The normalized spacial score (nSPS) is 13.1. The topological polar surface area (TPSA) is 57.5 Å². The third-order valence-electron chi connectivity index (χ3n) is 3.93. The van der Waals surface area contributed by atoms with Crippen molar-refractivity contribution in [3.8, 4) is 0 Å². The molecule has 0 aliphatic rings. The lowest BCUT2D eigenvalue weighted by Crippen LogP contribution is -2.04. The average Bonchev–Trinajstić information content (AvgIpc) is 2.52. The highest BCUT2D eigenvalue weighted by atomic mass is 16.4. The zero-order chi connectivity index (χ0) is 17.2. The van der Waals surface area contributed by atoms with Gasteiger partial charge in [0.25, 0.3) is 0 Å². The summed E-state index contributed by atoms with van der Waals surface area (Å²) in [6, 6.07) is 0. The minimum atomic E-state index is -0.684. The lowest BCUT2D eigenvalue weighted by atomic mass is 10.0. The molecule has 0 saturated heterocycles. The van der Waals surface area contributed by atoms with Crippen LogP contribution in [0.2, 0.25) is 0 Å². The maximum absolute atomic E-state index is 10.4. The fourth-order valence-corrected chi connectivity index (χ4v) is 2.53. The van der Waals surface area contributed by atoms with Crippen LogP contribution in [0.25, 0.3) is 0 Å². The predicted molar refractivity (Wildman–Crippen MR) is 97.6 cm³/mol. The molecule has 0 aromatic heterocycles. The van der Waals surface area contributed by atoms with Crippen LogP contribution in [0.15, 0.2) is 24.3 Å². The number of carbonyl (C=O) groups is 1. The fraction of sp³-hybridized carbons (Fsp3) is 0.750.